The number of hydrogen-bond donors (Lipinski definition) is 1. The summed E-state index contributed by atoms with van der Waals surface area (Å²) in [5.41, 5.74) is 5.57. The van der Waals surface area contributed by atoms with Crippen LogP contribution in [0.4, 0.5) is 0 Å². The Kier molecular flexibility index (Phi) is 2.76. The highest BCUT2D eigenvalue weighted by atomic mass is 16.4. The number of aryl methyl sites for hydroxylation is 2. The average molecular weight is 196 g/mol. The van der Waals surface area contributed by atoms with Gasteiger partial charge in [0.2, 0.25) is 0 Å². The lowest BCUT2D eigenvalue weighted by Gasteiger charge is -2.22. The molecule has 0 fully saturated rings. The number of Topliss-reactive ketones (excluding diaryl/α,β-unsaturated/α-hetero) is 1. The maximum absolute atomic E-state index is 11.5. The summed E-state index contributed by atoms with van der Waals surface area (Å²) in [5.74, 6) is 1.08. The molecule has 4 heteroatoms. The van der Waals surface area contributed by atoms with Gasteiger partial charge < -0.3 is 10.2 Å². The highest BCUT2D eigenvalue weighted by Gasteiger charge is 2.35. The van der Waals surface area contributed by atoms with Crippen LogP contribution in [0.2, 0.25) is 0 Å². The summed E-state index contributed by atoms with van der Waals surface area (Å²) >= 11 is 0. The van der Waals surface area contributed by atoms with Gasteiger partial charge in [-0.05, 0) is 20.3 Å². The van der Waals surface area contributed by atoms with Gasteiger partial charge in [-0.25, -0.2) is 4.98 Å². The van der Waals surface area contributed by atoms with E-state index < -0.39 is 5.54 Å². The van der Waals surface area contributed by atoms with E-state index in [4.69, 9.17) is 10.2 Å². The number of oxazole rings is 1. The first-order chi connectivity index (χ1) is 6.41. The number of aromatic nitrogens is 1. The fraction of sp³-hybridized carbons (Fsp3) is 0.600. The average Bonchev–Trinajstić information content (AvgIpc) is 2.44. The fourth-order valence-electron chi connectivity index (χ4n) is 1.53. The standard InChI is InChI=1S/C10H16N2O2/c1-5-10(11,7(3)13)9-6(2)14-8(4)12-9/h5,11H2,1-4H3. The predicted molar refractivity (Wildman–Crippen MR) is 52.8 cm³/mol. The molecule has 2 N–H and O–H groups in total. The summed E-state index contributed by atoms with van der Waals surface area (Å²) in [5, 5.41) is 0. The Balaban J connectivity index is 3.25. The van der Waals surface area contributed by atoms with E-state index in [0.717, 1.165) is 0 Å². The molecule has 0 amide bonds. The quantitative estimate of drug-likeness (QED) is 0.794. The molecule has 0 aliphatic rings. The molecule has 78 valence electrons. The first-order valence-electron chi connectivity index (χ1n) is 4.66. The molecule has 0 aliphatic heterocycles. The number of carbonyl (C=O) groups is 1. The zero-order valence-electron chi connectivity index (χ0n) is 9.05. The van der Waals surface area contributed by atoms with E-state index in [0.29, 0.717) is 23.8 Å². The first-order valence-corrected chi connectivity index (χ1v) is 4.66. The number of nitrogens with zero attached hydrogens (tertiary/aromatic N) is 1. The zero-order chi connectivity index (χ0) is 10.9. The normalized spacial score (nSPS) is 15.2. The summed E-state index contributed by atoms with van der Waals surface area (Å²) in [6, 6.07) is 0. The largest absolute Gasteiger partial charge is 0.446 e. The van der Waals surface area contributed by atoms with Gasteiger partial charge in [-0.15, -0.1) is 0 Å². The molecule has 1 atom stereocenters. The summed E-state index contributed by atoms with van der Waals surface area (Å²) in [7, 11) is 0. The van der Waals surface area contributed by atoms with Crippen molar-refractivity contribution in [2.45, 2.75) is 39.7 Å². The lowest BCUT2D eigenvalue weighted by molar-refractivity contribution is -0.122. The molecule has 0 aliphatic carbocycles. The molecule has 1 unspecified atom stereocenters. The van der Waals surface area contributed by atoms with Crippen LogP contribution >= 0.6 is 0 Å². The topological polar surface area (TPSA) is 69.1 Å². The molecule has 0 radical (unpaired) electrons. The van der Waals surface area contributed by atoms with Crippen molar-refractivity contribution >= 4 is 5.78 Å². The lowest BCUT2D eigenvalue weighted by Crippen LogP contribution is -2.43. The molecular weight excluding hydrogens is 180 g/mol. The van der Waals surface area contributed by atoms with Crippen LogP contribution in [0.5, 0.6) is 0 Å². The molecule has 1 aromatic heterocycles. The van der Waals surface area contributed by atoms with E-state index in [9.17, 15) is 4.79 Å². The zero-order valence-corrected chi connectivity index (χ0v) is 9.05. The summed E-state index contributed by atoms with van der Waals surface area (Å²) in [6.07, 6.45) is 0.523. The van der Waals surface area contributed by atoms with Crippen LogP contribution in [0.1, 0.15) is 37.6 Å². The molecule has 4 nitrogen and oxygen atoms in total. The Bertz CT molecular complexity index is 357. The third kappa shape index (κ3) is 1.57. The third-order valence-corrected chi connectivity index (χ3v) is 2.51. The van der Waals surface area contributed by atoms with E-state index in [1.54, 1.807) is 13.8 Å². The van der Waals surface area contributed by atoms with E-state index in [-0.39, 0.29) is 5.78 Å². The first kappa shape index (κ1) is 10.9. The second kappa shape index (κ2) is 3.53. The van der Waals surface area contributed by atoms with Gasteiger partial charge >= 0.3 is 0 Å². The molecular formula is C10H16N2O2. The van der Waals surface area contributed by atoms with Gasteiger partial charge in [0.1, 0.15) is 17.0 Å². The number of ketones is 1. The van der Waals surface area contributed by atoms with Gasteiger partial charge in [-0.2, -0.15) is 0 Å². The highest BCUT2D eigenvalue weighted by molar-refractivity contribution is 5.86. The predicted octanol–water partition coefficient (Wildman–Crippen LogP) is 1.44. The van der Waals surface area contributed by atoms with Crippen LogP contribution in [0, 0.1) is 13.8 Å². The van der Waals surface area contributed by atoms with Crippen molar-refractivity contribution < 1.29 is 9.21 Å². The van der Waals surface area contributed by atoms with Crippen molar-refractivity contribution in [3.63, 3.8) is 0 Å². The minimum absolute atomic E-state index is 0.0867. The van der Waals surface area contributed by atoms with Crippen LogP contribution < -0.4 is 5.73 Å². The minimum atomic E-state index is -0.998. The Morgan fingerprint density at radius 1 is 1.57 bits per heavy atom. The Labute approximate surface area is 83.5 Å². The molecule has 0 spiro atoms. The molecule has 1 aromatic rings. The van der Waals surface area contributed by atoms with Gasteiger partial charge in [0.05, 0.1) is 0 Å². The van der Waals surface area contributed by atoms with Crippen LogP contribution in [0.15, 0.2) is 4.42 Å². The van der Waals surface area contributed by atoms with Crippen LogP contribution in [0.3, 0.4) is 0 Å². The van der Waals surface area contributed by atoms with Crippen LogP contribution in [-0.2, 0) is 10.3 Å². The molecule has 0 saturated heterocycles. The second-order valence-corrected chi connectivity index (χ2v) is 3.52. The molecule has 0 saturated carbocycles. The van der Waals surface area contributed by atoms with Crippen LogP contribution in [0.25, 0.3) is 0 Å². The Morgan fingerprint density at radius 3 is 2.43 bits per heavy atom. The molecule has 1 rings (SSSR count). The van der Waals surface area contributed by atoms with Gasteiger partial charge in [0, 0.05) is 6.92 Å². The van der Waals surface area contributed by atoms with Crippen molar-refractivity contribution in [2.75, 3.05) is 0 Å². The third-order valence-electron chi connectivity index (χ3n) is 2.51. The number of carbonyl (C=O) groups excluding carboxylic acids is 1. The monoisotopic (exact) mass is 196 g/mol. The van der Waals surface area contributed by atoms with Crippen molar-refractivity contribution in [3.8, 4) is 0 Å². The molecule has 0 bridgehead atoms. The number of nitrogens with two attached hydrogens (primary N) is 1. The van der Waals surface area contributed by atoms with E-state index in [2.05, 4.69) is 4.98 Å². The molecule has 14 heavy (non-hydrogen) atoms. The van der Waals surface area contributed by atoms with E-state index in [1.165, 1.54) is 6.92 Å². The minimum Gasteiger partial charge on any atom is -0.446 e. The number of hydrogen-bond acceptors (Lipinski definition) is 4. The maximum atomic E-state index is 11.5. The van der Waals surface area contributed by atoms with Crippen molar-refractivity contribution in [3.05, 3.63) is 17.3 Å². The van der Waals surface area contributed by atoms with Crippen molar-refractivity contribution in [1.29, 1.82) is 0 Å². The summed E-state index contributed by atoms with van der Waals surface area (Å²) < 4.78 is 5.27. The molecule has 1 heterocycles. The van der Waals surface area contributed by atoms with Gasteiger partial charge in [0.25, 0.3) is 0 Å². The maximum Gasteiger partial charge on any atom is 0.191 e. The number of rotatable bonds is 3. The molecule has 0 aromatic carbocycles. The van der Waals surface area contributed by atoms with Crippen molar-refractivity contribution in [1.82, 2.24) is 4.98 Å². The summed E-state index contributed by atoms with van der Waals surface area (Å²) in [6.45, 7) is 6.86. The lowest BCUT2D eigenvalue weighted by atomic mass is 9.88. The van der Waals surface area contributed by atoms with E-state index >= 15 is 0 Å². The van der Waals surface area contributed by atoms with Gasteiger partial charge in [0.15, 0.2) is 11.7 Å². The smallest absolute Gasteiger partial charge is 0.191 e. The summed E-state index contributed by atoms with van der Waals surface area (Å²) in [4.78, 5) is 15.6. The second-order valence-electron chi connectivity index (χ2n) is 3.52. The van der Waals surface area contributed by atoms with Crippen LogP contribution in [-0.4, -0.2) is 10.8 Å². The highest BCUT2D eigenvalue weighted by Crippen LogP contribution is 2.25. The van der Waals surface area contributed by atoms with E-state index in [1.807, 2.05) is 6.92 Å². The van der Waals surface area contributed by atoms with Crippen molar-refractivity contribution in [2.24, 2.45) is 5.73 Å². The fourth-order valence-corrected chi connectivity index (χ4v) is 1.53. The van der Waals surface area contributed by atoms with Gasteiger partial charge in [-0.1, -0.05) is 6.92 Å². The van der Waals surface area contributed by atoms with Gasteiger partial charge in [-0.3, -0.25) is 4.79 Å². The SMILES string of the molecule is CCC(N)(C(C)=O)c1nc(C)oc1C. The Morgan fingerprint density at radius 2 is 2.14 bits per heavy atom. The Hall–Kier alpha value is -1.16.